The Morgan fingerprint density at radius 1 is 1.08 bits per heavy atom. The minimum atomic E-state index is -0.445. The second-order valence-corrected chi connectivity index (χ2v) is 6.06. The molecule has 2 N–H and O–H groups in total. The lowest BCUT2D eigenvalue weighted by Crippen LogP contribution is -2.23. The van der Waals surface area contributed by atoms with Crippen molar-refractivity contribution in [1.29, 1.82) is 0 Å². The van der Waals surface area contributed by atoms with E-state index in [-0.39, 0.29) is 18.2 Å². The van der Waals surface area contributed by atoms with Crippen molar-refractivity contribution < 1.29 is 13.9 Å². The molecule has 0 saturated heterocycles. The predicted octanol–water partition coefficient (Wildman–Crippen LogP) is 4.09. The van der Waals surface area contributed by atoms with Gasteiger partial charge in [0.25, 0.3) is 0 Å². The summed E-state index contributed by atoms with van der Waals surface area (Å²) in [7, 11) is 0. The molecule has 1 atom stereocenters. The zero-order valence-electron chi connectivity index (χ0n) is 13.9. The molecule has 0 bridgehead atoms. The second-order valence-electron chi connectivity index (χ2n) is 6.06. The first kappa shape index (κ1) is 20.0. The van der Waals surface area contributed by atoms with Crippen LogP contribution in [0.15, 0.2) is 48.5 Å². The number of carbonyl (C=O) groups excluding carboxylic acids is 1. The van der Waals surface area contributed by atoms with Crippen LogP contribution in [-0.4, -0.2) is 12.5 Å². The lowest BCUT2D eigenvalue weighted by molar-refractivity contribution is -0.119. The Bertz CT molecular complexity index is 641. The van der Waals surface area contributed by atoms with Crippen molar-refractivity contribution in [1.82, 2.24) is 0 Å². The van der Waals surface area contributed by atoms with Crippen molar-refractivity contribution in [2.24, 2.45) is 11.7 Å². The van der Waals surface area contributed by atoms with Gasteiger partial charge in [0, 0.05) is 0 Å². The minimum Gasteiger partial charge on any atom is -0.493 e. The number of hydrogen-bond donors (Lipinski definition) is 1. The topological polar surface area (TPSA) is 52.3 Å². The standard InChI is InChI=1S/C19H22FNO2.ClH/c1-13(2)12-23-17-9-5-15(6-10-17)18(19(21)22)11-14-3-7-16(20)8-4-14;/h3-10,13,18H,11-12H2,1-2H3,(H2,21,22);1H. The van der Waals surface area contributed by atoms with Crippen LogP contribution in [0.2, 0.25) is 0 Å². The number of amides is 1. The minimum absolute atomic E-state index is 0. The number of ether oxygens (including phenoxy) is 1. The van der Waals surface area contributed by atoms with Gasteiger partial charge >= 0.3 is 0 Å². The summed E-state index contributed by atoms with van der Waals surface area (Å²) in [6, 6.07) is 13.5. The zero-order valence-corrected chi connectivity index (χ0v) is 14.7. The fourth-order valence-corrected chi connectivity index (χ4v) is 2.30. The van der Waals surface area contributed by atoms with Gasteiger partial charge in [-0.05, 0) is 47.7 Å². The van der Waals surface area contributed by atoms with Gasteiger partial charge in [-0.25, -0.2) is 4.39 Å². The van der Waals surface area contributed by atoms with E-state index in [9.17, 15) is 9.18 Å². The molecule has 1 amide bonds. The molecular formula is C19H23ClFNO2. The van der Waals surface area contributed by atoms with Gasteiger partial charge < -0.3 is 10.5 Å². The molecule has 0 fully saturated rings. The number of nitrogens with two attached hydrogens (primary N) is 1. The maximum atomic E-state index is 13.0. The molecule has 0 aliphatic carbocycles. The summed E-state index contributed by atoms with van der Waals surface area (Å²) < 4.78 is 18.6. The average molecular weight is 352 g/mol. The quantitative estimate of drug-likeness (QED) is 0.816. The van der Waals surface area contributed by atoms with Crippen molar-refractivity contribution >= 4 is 18.3 Å². The lowest BCUT2D eigenvalue weighted by atomic mass is 9.91. The van der Waals surface area contributed by atoms with Crippen LogP contribution in [0.4, 0.5) is 4.39 Å². The van der Waals surface area contributed by atoms with Gasteiger partial charge in [0.05, 0.1) is 12.5 Å². The largest absolute Gasteiger partial charge is 0.493 e. The van der Waals surface area contributed by atoms with Crippen molar-refractivity contribution in [3.8, 4) is 5.75 Å². The first-order valence-electron chi connectivity index (χ1n) is 7.72. The fourth-order valence-electron chi connectivity index (χ4n) is 2.30. The first-order valence-corrected chi connectivity index (χ1v) is 7.72. The van der Waals surface area contributed by atoms with E-state index in [1.807, 2.05) is 24.3 Å². The van der Waals surface area contributed by atoms with E-state index in [4.69, 9.17) is 10.5 Å². The third kappa shape index (κ3) is 5.85. The van der Waals surface area contributed by atoms with Crippen LogP contribution in [0.1, 0.15) is 30.9 Å². The number of carbonyl (C=O) groups is 1. The van der Waals surface area contributed by atoms with E-state index in [0.29, 0.717) is 18.9 Å². The maximum Gasteiger partial charge on any atom is 0.225 e. The van der Waals surface area contributed by atoms with E-state index in [0.717, 1.165) is 16.9 Å². The van der Waals surface area contributed by atoms with E-state index in [1.54, 1.807) is 12.1 Å². The van der Waals surface area contributed by atoms with Crippen LogP contribution >= 0.6 is 12.4 Å². The van der Waals surface area contributed by atoms with E-state index in [2.05, 4.69) is 13.8 Å². The maximum absolute atomic E-state index is 13.0. The zero-order chi connectivity index (χ0) is 16.8. The fraction of sp³-hybridized carbons (Fsp3) is 0.316. The van der Waals surface area contributed by atoms with Crippen LogP contribution in [-0.2, 0) is 11.2 Å². The molecule has 0 aromatic heterocycles. The lowest BCUT2D eigenvalue weighted by Gasteiger charge is -2.15. The third-order valence-corrected chi connectivity index (χ3v) is 3.56. The summed E-state index contributed by atoms with van der Waals surface area (Å²) in [5, 5.41) is 0. The SMILES string of the molecule is CC(C)COc1ccc(C(Cc2ccc(F)cc2)C(N)=O)cc1.Cl. The molecular weight excluding hydrogens is 329 g/mol. The molecule has 24 heavy (non-hydrogen) atoms. The summed E-state index contributed by atoms with van der Waals surface area (Å²) in [6.07, 6.45) is 0.446. The summed E-state index contributed by atoms with van der Waals surface area (Å²) >= 11 is 0. The molecule has 130 valence electrons. The molecule has 3 nitrogen and oxygen atoms in total. The van der Waals surface area contributed by atoms with Crippen LogP contribution < -0.4 is 10.5 Å². The third-order valence-electron chi connectivity index (χ3n) is 3.56. The Labute approximate surface area is 148 Å². The molecule has 0 spiro atoms. The number of benzene rings is 2. The molecule has 5 heteroatoms. The number of rotatable bonds is 7. The molecule has 0 aliphatic heterocycles. The van der Waals surface area contributed by atoms with Gasteiger partial charge in [0.1, 0.15) is 11.6 Å². The number of hydrogen-bond acceptors (Lipinski definition) is 2. The first-order chi connectivity index (χ1) is 11.0. The van der Waals surface area contributed by atoms with Crippen LogP contribution in [0.5, 0.6) is 5.75 Å². The van der Waals surface area contributed by atoms with Crippen LogP contribution in [0.3, 0.4) is 0 Å². The highest BCUT2D eigenvalue weighted by Gasteiger charge is 2.18. The smallest absolute Gasteiger partial charge is 0.225 e. The van der Waals surface area contributed by atoms with Crippen LogP contribution in [0, 0.1) is 11.7 Å². The highest BCUT2D eigenvalue weighted by atomic mass is 35.5. The Morgan fingerprint density at radius 2 is 1.67 bits per heavy atom. The van der Waals surface area contributed by atoms with Gasteiger partial charge in [-0.1, -0.05) is 38.1 Å². The van der Waals surface area contributed by atoms with E-state index >= 15 is 0 Å². The average Bonchev–Trinajstić information content (AvgIpc) is 2.52. The van der Waals surface area contributed by atoms with Crippen LogP contribution in [0.25, 0.3) is 0 Å². The Kier molecular flexibility index (Phi) is 7.72. The molecule has 0 saturated carbocycles. The normalized spacial score (nSPS) is 11.7. The summed E-state index contributed by atoms with van der Waals surface area (Å²) in [5.41, 5.74) is 7.24. The molecule has 2 rings (SSSR count). The highest BCUT2D eigenvalue weighted by molar-refractivity contribution is 5.85. The van der Waals surface area contributed by atoms with Gasteiger partial charge in [-0.2, -0.15) is 0 Å². The van der Waals surface area contributed by atoms with E-state index < -0.39 is 11.8 Å². The van der Waals surface area contributed by atoms with E-state index in [1.165, 1.54) is 12.1 Å². The summed E-state index contributed by atoms with van der Waals surface area (Å²) in [6.45, 7) is 4.81. The van der Waals surface area contributed by atoms with Gasteiger partial charge in [0.15, 0.2) is 0 Å². The second kappa shape index (κ2) is 9.28. The van der Waals surface area contributed by atoms with Crippen molar-refractivity contribution in [2.75, 3.05) is 6.61 Å². The monoisotopic (exact) mass is 351 g/mol. The molecule has 2 aromatic carbocycles. The summed E-state index contributed by atoms with van der Waals surface area (Å²) in [4.78, 5) is 11.8. The number of halogens is 2. The van der Waals surface area contributed by atoms with Gasteiger partial charge in [-0.3, -0.25) is 4.79 Å². The Morgan fingerprint density at radius 3 is 2.17 bits per heavy atom. The molecule has 0 radical (unpaired) electrons. The Balaban J connectivity index is 0.00000288. The Hall–Kier alpha value is -2.07. The van der Waals surface area contributed by atoms with Crippen molar-refractivity contribution in [3.05, 3.63) is 65.5 Å². The molecule has 0 heterocycles. The van der Waals surface area contributed by atoms with Crippen molar-refractivity contribution in [2.45, 2.75) is 26.2 Å². The van der Waals surface area contributed by atoms with Gasteiger partial charge in [-0.15, -0.1) is 12.4 Å². The predicted molar refractivity (Wildman–Crippen MR) is 96.1 cm³/mol. The van der Waals surface area contributed by atoms with Gasteiger partial charge in [0.2, 0.25) is 5.91 Å². The molecule has 1 unspecified atom stereocenters. The highest BCUT2D eigenvalue weighted by Crippen LogP contribution is 2.23. The molecule has 0 aliphatic rings. The molecule has 2 aromatic rings. The van der Waals surface area contributed by atoms with Crippen molar-refractivity contribution in [3.63, 3.8) is 0 Å². The summed E-state index contributed by atoms with van der Waals surface area (Å²) in [5.74, 6) is 0.0831. The number of primary amides is 1.